The lowest BCUT2D eigenvalue weighted by molar-refractivity contribution is -0.140. The summed E-state index contributed by atoms with van der Waals surface area (Å²) in [5.74, 6) is -1.68. The molecule has 0 saturated heterocycles. The minimum atomic E-state index is -1.12. The first-order valence-corrected chi connectivity index (χ1v) is 7.59. The van der Waals surface area contributed by atoms with Crippen molar-refractivity contribution in [3.63, 3.8) is 0 Å². The van der Waals surface area contributed by atoms with Crippen LogP contribution in [0.1, 0.15) is 52.4 Å². The van der Waals surface area contributed by atoms with Gasteiger partial charge in [-0.3, -0.25) is 9.59 Å². The fraction of sp³-hybridized carbons (Fsp3) is 0.688. The lowest BCUT2D eigenvalue weighted by Crippen LogP contribution is -2.29. The number of carboxylic acid groups (broad SMARTS) is 1. The topological polar surface area (TPSA) is 92.7 Å². The summed E-state index contributed by atoms with van der Waals surface area (Å²) in [5.41, 5.74) is -0.0811. The highest BCUT2D eigenvalue weighted by molar-refractivity contribution is 5.94. The summed E-state index contributed by atoms with van der Waals surface area (Å²) in [5, 5.41) is 11.6. The highest BCUT2D eigenvalue weighted by atomic mass is 16.5. The van der Waals surface area contributed by atoms with Crippen LogP contribution in [0.4, 0.5) is 0 Å². The van der Waals surface area contributed by atoms with Crippen molar-refractivity contribution in [1.82, 2.24) is 5.32 Å². The molecular formula is C16H25NO5. The minimum Gasteiger partial charge on any atom is -0.477 e. The molecule has 1 amide bonds. The zero-order valence-electron chi connectivity index (χ0n) is 13.5. The molecule has 0 aromatic carbocycles. The summed E-state index contributed by atoms with van der Waals surface area (Å²) < 4.78 is 4.54. The predicted octanol–water partition coefficient (Wildman–Crippen LogP) is 2.24. The molecule has 0 bridgehead atoms. The minimum absolute atomic E-state index is 0.0262. The number of allylic oxidation sites excluding steroid dienone is 1. The number of carbonyl (C=O) groups is 3. The fourth-order valence-corrected chi connectivity index (χ4v) is 2.27. The number of hydrogen-bond acceptors (Lipinski definition) is 4. The van der Waals surface area contributed by atoms with Crippen LogP contribution in [0, 0.1) is 11.3 Å². The second-order valence-electron chi connectivity index (χ2n) is 6.33. The van der Waals surface area contributed by atoms with E-state index < -0.39 is 5.97 Å². The Morgan fingerprint density at radius 2 is 1.91 bits per heavy atom. The van der Waals surface area contributed by atoms with Gasteiger partial charge in [-0.15, -0.1) is 0 Å². The number of methoxy groups -OCH3 is 1. The van der Waals surface area contributed by atoms with Crippen molar-refractivity contribution in [2.45, 2.75) is 52.4 Å². The number of nitrogens with one attached hydrogen (secondary N) is 1. The zero-order valence-corrected chi connectivity index (χ0v) is 13.5. The van der Waals surface area contributed by atoms with Gasteiger partial charge in [-0.1, -0.05) is 26.3 Å². The number of hydrogen-bond donors (Lipinski definition) is 2. The molecule has 1 aliphatic carbocycles. The first-order valence-electron chi connectivity index (χ1n) is 7.59. The molecule has 1 aliphatic rings. The van der Waals surface area contributed by atoms with E-state index in [1.54, 1.807) is 0 Å². The highest BCUT2D eigenvalue weighted by Crippen LogP contribution is 2.51. The van der Waals surface area contributed by atoms with E-state index in [4.69, 9.17) is 5.11 Å². The second-order valence-corrected chi connectivity index (χ2v) is 6.33. The molecular weight excluding hydrogens is 286 g/mol. The van der Waals surface area contributed by atoms with Crippen molar-refractivity contribution >= 4 is 17.8 Å². The number of rotatable bonds is 9. The Hall–Kier alpha value is -1.85. The standard InChI is InChI=1S/C16H25NO5/c1-16(2)10-11(16)14(19)17-12(15(20)21)8-6-4-5-7-9-13(18)22-3/h8,11H,4-7,9-10H2,1-3H3,(H,17,19)(H,20,21)/b12-8-. The number of unbranched alkanes of at least 4 members (excludes halogenated alkanes) is 3. The zero-order chi connectivity index (χ0) is 16.8. The molecule has 22 heavy (non-hydrogen) atoms. The normalized spacial score (nSPS) is 19.4. The molecule has 1 atom stereocenters. The third-order valence-electron chi connectivity index (χ3n) is 3.98. The van der Waals surface area contributed by atoms with Crippen LogP contribution in [-0.2, 0) is 19.1 Å². The van der Waals surface area contributed by atoms with Gasteiger partial charge in [-0.05, 0) is 31.1 Å². The van der Waals surface area contributed by atoms with E-state index in [1.807, 2.05) is 13.8 Å². The van der Waals surface area contributed by atoms with Gasteiger partial charge in [0, 0.05) is 12.3 Å². The molecule has 1 saturated carbocycles. The van der Waals surface area contributed by atoms with Crippen molar-refractivity contribution in [3.8, 4) is 0 Å². The third-order valence-corrected chi connectivity index (χ3v) is 3.98. The SMILES string of the molecule is COC(=O)CCCCC/C=C(\NC(=O)C1CC1(C)C)C(=O)O. The molecule has 2 N–H and O–H groups in total. The molecule has 1 rings (SSSR count). The third kappa shape index (κ3) is 5.87. The van der Waals surface area contributed by atoms with Gasteiger partial charge >= 0.3 is 11.9 Å². The van der Waals surface area contributed by atoms with Crippen LogP contribution in [0.25, 0.3) is 0 Å². The summed E-state index contributed by atoms with van der Waals surface area (Å²) in [6, 6.07) is 0. The Balaban J connectivity index is 2.32. The lowest BCUT2D eigenvalue weighted by Gasteiger charge is -2.07. The Bertz CT molecular complexity index is 467. The lowest BCUT2D eigenvalue weighted by atomic mass is 10.1. The van der Waals surface area contributed by atoms with E-state index in [-0.39, 0.29) is 28.9 Å². The molecule has 0 heterocycles. The van der Waals surface area contributed by atoms with Crippen LogP contribution >= 0.6 is 0 Å². The van der Waals surface area contributed by atoms with Gasteiger partial charge in [0.15, 0.2) is 0 Å². The Labute approximate surface area is 130 Å². The fourth-order valence-electron chi connectivity index (χ4n) is 2.27. The van der Waals surface area contributed by atoms with E-state index in [0.29, 0.717) is 19.3 Å². The molecule has 0 spiro atoms. The number of esters is 1. The van der Waals surface area contributed by atoms with Crippen molar-refractivity contribution in [2.75, 3.05) is 7.11 Å². The molecule has 0 radical (unpaired) electrons. The molecule has 124 valence electrons. The van der Waals surface area contributed by atoms with Crippen LogP contribution in [0.2, 0.25) is 0 Å². The summed E-state index contributed by atoms with van der Waals surface area (Å²) >= 11 is 0. The van der Waals surface area contributed by atoms with Crippen LogP contribution in [0.15, 0.2) is 11.8 Å². The predicted molar refractivity (Wildman–Crippen MR) is 80.9 cm³/mol. The summed E-state index contributed by atoms with van der Waals surface area (Å²) in [7, 11) is 1.36. The van der Waals surface area contributed by atoms with Crippen LogP contribution in [0.3, 0.4) is 0 Å². The Morgan fingerprint density at radius 1 is 1.27 bits per heavy atom. The van der Waals surface area contributed by atoms with E-state index in [0.717, 1.165) is 19.3 Å². The number of aliphatic carboxylic acids is 1. The van der Waals surface area contributed by atoms with E-state index in [1.165, 1.54) is 13.2 Å². The van der Waals surface area contributed by atoms with Crippen molar-refractivity contribution in [3.05, 3.63) is 11.8 Å². The summed E-state index contributed by atoms with van der Waals surface area (Å²) in [6.45, 7) is 3.98. The van der Waals surface area contributed by atoms with E-state index in [9.17, 15) is 14.4 Å². The van der Waals surface area contributed by atoms with Gasteiger partial charge < -0.3 is 15.2 Å². The van der Waals surface area contributed by atoms with Gasteiger partial charge in [0.05, 0.1) is 7.11 Å². The average Bonchev–Trinajstić information content (AvgIpc) is 3.09. The second kappa shape index (κ2) is 7.96. The summed E-state index contributed by atoms with van der Waals surface area (Å²) in [4.78, 5) is 34.0. The van der Waals surface area contributed by atoms with Crippen LogP contribution in [-0.4, -0.2) is 30.1 Å². The Morgan fingerprint density at radius 3 is 2.41 bits per heavy atom. The molecule has 6 nitrogen and oxygen atoms in total. The maximum Gasteiger partial charge on any atom is 0.352 e. The number of carboxylic acids is 1. The molecule has 6 heteroatoms. The maximum absolute atomic E-state index is 11.9. The first kappa shape index (κ1) is 18.2. The summed E-state index contributed by atoms with van der Waals surface area (Å²) in [6.07, 6.45) is 5.54. The van der Waals surface area contributed by atoms with Crippen molar-refractivity contribution in [2.24, 2.45) is 11.3 Å². The molecule has 0 aromatic heterocycles. The van der Waals surface area contributed by atoms with E-state index >= 15 is 0 Å². The monoisotopic (exact) mass is 311 g/mol. The van der Waals surface area contributed by atoms with Gasteiger partial charge in [-0.25, -0.2) is 4.79 Å². The maximum atomic E-state index is 11.9. The Kier molecular flexibility index (Phi) is 6.59. The quantitative estimate of drug-likeness (QED) is 0.387. The van der Waals surface area contributed by atoms with Crippen molar-refractivity contribution < 1.29 is 24.2 Å². The van der Waals surface area contributed by atoms with Crippen LogP contribution < -0.4 is 5.32 Å². The van der Waals surface area contributed by atoms with Gasteiger partial charge in [0.1, 0.15) is 5.70 Å². The van der Waals surface area contributed by atoms with Gasteiger partial charge in [0.25, 0.3) is 0 Å². The van der Waals surface area contributed by atoms with Crippen molar-refractivity contribution in [1.29, 1.82) is 0 Å². The molecule has 0 aliphatic heterocycles. The smallest absolute Gasteiger partial charge is 0.352 e. The highest BCUT2D eigenvalue weighted by Gasteiger charge is 2.50. The molecule has 0 aromatic rings. The molecule has 1 unspecified atom stereocenters. The number of amides is 1. The van der Waals surface area contributed by atoms with Gasteiger partial charge in [-0.2, -0.15) is 0 Å². The van der Waals surface area contributed by atoms with E-state index in [2.05, 4.69) is 10.1 Å². The number of carbonyl (C=O) groups excluding carboxylic acids is 2. The van der Waals surface area contributed by atoms with Gasteiger partial charge in [0.2, 0.25) is 5.91 Å². The largest absolute Gasteiger partial charge is 0.477 e. The number of ether oxygens (including phenoxy) is 1. The first-order chi connectivity index (χ1) is 10.3. The average molecular weight is 311 g/mol. The molecule has 1 fully saturated rings. The van der Waals surface area contributed by atoms with Crippen LogP contribution in [0.5, 0.6) is 0 Å².